The number of methoxy groups -OCH3 is 1. The molecule has 0 saturated heterocycles. The number of hydrogen-bond donors (Lipinski definition) is 1. The number of aliphatic hydroxyl groups is 1. The second kappa shape index (κ2) is 6.51. The van der Waals surface area contributed by atoms with E-state index < -0.39 is 5.60 Å². The van der Waals surface area contributed by atoms with Crippen molar-refractivity contribution in [1.82, 2.24) is 0 Å². The first-order chi connectivity index (χ1) is 10.7. The maximum absolute atomic E-state index is 11.0. The molecule has 0 heterocycles. The number of hydrogen-bond acceptors (Lipinski definition) is 3. The van der Waals surface area contributed by atoms with Crippen LogP contribution in [0.25, 0.3) is 0 Å². The molecule has 3 rings (SSSR count). The Morgan fingerprint density at radius 2 is 1.95 bits per heavy atom. The minimum atomic E-state index is -0.920. The lowest BCUT2D eigenvalue weighted by atomic mass is 9.79. The standard InChI is InChI=1S/C19H22O3/c1-21-17-10-9-16-8-5-11-19(20,18(16)12-17)14-22-13-15-6-3-2-4-7-15/h2-4,6-7,9-10,12,20H,5,8,11,13-14H2,1H3. The van der Waals surface area contributed by atoms with Crippen molar-refractivity contribution in [2.45, 2.75) is 31.5 Å². The van der Waals surface area contributed by atoms with Crippen molar-refractivity contribution < 1.29 is 14.6 Å². The van der Waals surface area contributed by atoms with Gasteiger partial charge >= 0.3 is 0 Å². The molecular formula is C19H22O3. The number of fused-ring (bicyclic) bond motifs is 1. The van der Waals surface area contributed by atoms with E-state index in [0.717, 1.165) is 36.1 Å². The molecule has 2 aromatic carbocycles. The van der Waals surface area contributed by atoms with Crippen LogP contribution in [-0.2, 0) is 23.4 Å². The van der Waals surface area contributed by atoms with Crippen molar-refractivity contribution in [2.24, 2.45) is 0 Å². The van der Waals surface area contributed by atoms with Crippen LogP contribution in [0, 0.1) is 0 Å². The summed E-state index contributed by atoms with van der Waals surface area (Å²) in [5, 5.41) is 11.0. The SMILES string of the molecule is COc1ccc2c(c1)C(O)(COCc1ccccc1)CCC2. The Balaban J connectivity index is 1.73. The van der Waals surface area contributed by atoms with Crippen molar-refractivity contribution in [3.63, 3.8) is 0 Å². The number of rotatable bonds is 5. The highest BCUT2D eigenvalue weighted by Crippen LogP contribution is 2.37. The van der Waals surface area contributed by atoms with E-state index in [2.05, 4.69) is 6.07 Å². The molecule has 0 aromatic heterocycles. The summed E-state index contributed by atoms with van der Waals surface area (Å²) in [6.45, 7) is 0.824. The van der Waals surface area contributed by atoms with Gasteiger partial charge in [-0.25, -0.2) is 0 Å². The maximum Gasteiger partial charge on any atom is 0.119 e. The molecule has 0 amide bonds. The second-order valence-corrected chi connectivity index (χ2v) is 5.89. The van der Waals surface area contributed by atoms with Crippen molar-refractivity contribution >= 4 is 0 Å². The molecule has 1 aliphatic carbocycles. The van der Waals surface area contributed by atoms with Crippen LogP contribution in [0.1, 0.15) is 29.5 Å². The third kappa shape index (κ3) is 3.16. The van der Waals surface area contributed by atoms with Gasteiger partial charge in [0.2, 0.25) is 0 Å². The van der Waals surface area contributed by atoms with Crippen LogP contribution >= 0.6 is 0 Å². The third-order valence-corrected chi connectivity index (χ3v) is 4.31. The topological polar surface area (TPSA) is 38.7 Å². The molecule has 3 nitrogen and oxygen atoms in total. The summed E-state index contributed by atoms with van der Waals surface area (Å²) in [4.78, 5) is 0. The first-order valence-electron chi connectivity index (χ1n) is 7.73. The Bertz CT molecular complexity index is 624. The van der Waals surface area contributed by atoms with Crippen LogP contribution in [-0.4, -0.2) is 18.8 Å². The zero-order chi connectivity index (χ0) is 15.4. The van der Waals surface area contributed by atoms with E-state index in [4.69, 9.17) is 9.47 Å². The monoisotopic (exact) mass is 298 g/mol. The fourth-order valence-corrected chi connectivity index (χ4v) is 3.10. The smallest absolute Gasteiger partial charge is 0.119 e. The predicted molar refractivity (Wildman–Crippen MR) is 85.9 cm³/mol. The molecule has 116 valence electrons. The molecule has 3 heteroatoms. The van der Waals surface area contributed by atoms with Crippen LogP contribution in [0.2, 0.25) is 0 Å². The molecule has 1 N–H and O–H groups in total. The van der Waals surface area contributed by atoms with E-state index in [1.165, 1.54) is 5.56 Å². The fourth-order valence-electron chi connectivity index (χ4n) is 3.10. The van der Waals surface area contributed by atoms with Crippen LogP contribution in [0.5, 0.6) is 5.75 Å². The average molecular weight is 298 g/mol. The van der Waals surface area contributed by atoms with Gasteiger partial charge in [-0.15, -0.1) is 0 Å². The van der Waals surface area contributed by atoms with Crippen LogP contribution in [0.15, 0.2) is 48.5 Å². The summed E-state index contributed by atoms with van der Waals surface area (Å²) in [5.74, 6) is 0.780. The Labute approximate surface area is 131 Å². The molecular weight excluding hydrogens is 276 g/mol. The van der Waals surface area contributed by atoms with Gasteiger partial charge in [0.1, 0.15) is 11.4 Å². The zero-order valence-corrected chi connectivity index (χ0v) is 12.9. The predicted octanol–water partition coefficient (Wildman–Crippen LogP) is 3.44. The Hall–Kier alpha value is -1.84. The van der Waals surface area contributed by atoms with E-state index in [-0.39, 0.29) is 0 Å². The molecule has 0 fully saturated rings. The van der Waals surface area contributed by atoms with E-state index in [1.54, 1.807) is 7.11 Å². The van der Waals surface area contributed by atoms with Gasteiger partial charge in [-0.3, -0.25) is 0 Å². The lowest BCUT2D eigenvalue weighted by molar-refractivity contribution is -0.0669. The molecule has 0 bridgehead atoms. The van der Waals surface area contributed by atoms with Gasteiger partial charge in [-0.1, -0.05) is 36.4 Å². The third-order valence-electron chi connectivity index (χ3n) is 4.31. The van der Waals surface area contributed by atoms with Gasteiger partial charge in [0.15, 0.2) is 0 Å². The summed E-state index contributed by atoms with van der Waals surface area (Å²) >= 11 is 0. The minimum absolute atomic E-state index is 0.308. The molecule has 0 spiro atoms. The molecule has 0 aliphatic heterocycles. The van der Waals surface area contributed by atoms with E-state index in [9.17, 15) is 5.11 Å². The normalized spacial score (nSPS) is 20.5. The molecule has 0 saturated carbocycles. The lowest BCUT2D eigenvalue weighted by Gasteiger charge is -2.34. The Morgan fingerprint density at radius 3 is 2.73 bits per heavy atom. The highest BCUT2D eigenvalue weighted by molar-refractivity contribution is 5.41. The highest BCUT2D eigenvalue weighted by Gasteiger charge is 2.35. The minimum Gasteiger partial charge on any atom is -0.497 e. The molecule has 1 atom stereocenters. The maximum atomic E-state index is 11.0. The molecule has 2 aromatic rings. The van der Waals surface area contributed by atoms with Crippen LogP contribution in [0.4, 0.5) is 0 Å². The second-order valence-electron chi connectivity index (χ2n) is 5.89. The summed E-state index contributed by atoms with van der Waals surface area (Å²) in [7, 11) is 1.65. The average Bonchev–Trinajstić information content (AvgIpc) is 2.56. The van der Waals surface area contributed by atoms with Crippen LogP contribution < -0.4 is 4.74 Å². The van der Waals surface area contributed by atoms with Gasteiger partial charge in [-0.2, -0.15) is 0 Å². The Morgan fingerprint density at radius 1 is 1.14 bits per heavy atom. The van der Waals surface area contributed by atoms with Crippen molar-refractivity contribution in [1.29, 1.82) is 0 Å². The fraction of sp³-hybridized carbons (Fsp3) is 0.368. The largest absolute Gasteiger partial charge is 0.497 e. The van der Waals surface area contributed by atoms with Gasteiger partial charge < -0.3 is 14.6 Å². The summed E-state index contributed by atoms with van der Waals surface area (Å²) in [6.07, 6.45) is 2.70. The number of aryl methyl sites for hydroxylation is 1. The first kappa shape index (κ1) is 15.1. The number of benzene rings is 2. The number of ether oxygens (including phenoxy) is 2. The quantitative estimate of drug-likeness (QED) is 0.919. The molecule has 0 radical (unpaired) electrons. The zero-order valence-electron chi connectivity index (χ0n) is 12.9. The summed E-state index contributed by atoms with van der Waals surface area (Å²) < 4.78 is 11.1. The molecule has 22 heavy (non-hydrogen) atoms. The molecule has 1 aliphatic rings. The van der Waals surface area contributed by atoms with Crippen molar-refractivity contribution in [3.8, 4) is 5.75 Å². The Kier molecular flexibility index (Phi) is 4.46. The van der Waals surface area contributed by atoms with E-state index >= 15 is 0 Å². The van der Waals surface area contributed by atoms with Gasteiger partial charge in [0.05, 0.1) is 20.3 Å². The van der Waals surface area contributed by atoms with Crippen LogP contribution in [0.3, 0.4) is 0 Å². The van der Waals surface area contributed by atoms with Gasteiger partial charge in [0.25, 0.3) is 0 Å². The van der Waals surface area contributed by atoms with Gasteiger partial charge in [0, 0.05) is 0 Å². The van der Waals surface area contributed by atoms with E-state index in [1.807, 2.05) is 42.5 Å². The van der Waals surface area contributed by atoms with Crippen molar-refractivity contribution in [3.05, 3.63) is 65.2 Å². The van der Waals surface area contributed by atoms with Crippen molar-refractivity contribution in [2.75, 3.05) is 13.7 Å². The van der Waals surface area contributed by atoms with E-state index in [0.29, 0.717) is 13.2 Å². The summed E-state index contributed by atoms with van der Waals surface area (Å²) in [5.41, 5.74) is 2.34. The molecule has 1 unspecified atom stereocenters. The lowest BCUT2D eigenvalue weighted by Crippen LogP contribution is -2.35. The summed E-state index contributed by atoms with van der Waals surface area (Å²) in [6, 6.07) is 16.0. The first-order valence-corrected chi connectivity index (χ1v) is 7.73. The highest BCUT2D eigenvalue weighted by atomic mass is 16.5. The van der Waals surface area contributed by atoms with Gasteiger partial charge in [-0.05, 0) is 48.1 Å².